The van der Waals surface area contributed by atoms with E-state index in [9.17, 15) is 0 Å². The normalized spacial score (nSPS) is 15.0. The van der Waals surface area contributed by atoms with Gasteiger partial charge in [-0.1, -0.05) is 35.4 Å². The Bertz CT molecular complexity index is 557. The summed E-state index contributed by atoms with van der Waals surface area (Å²) in [5.41, 5.74) is 3.98. The van der Waals surface area contributed by atoms with E-state index in [0.29, 0.717) is 0 Å². The highest BCUT2D eigenvalue weighted by Crippen LogP contribution is 2.34. The third kappa shape index (κ3) is 2.77. The quantitative estimate of drug-likeness (QED) is 0.859. The first kappa shape index (κ1) is 12.2. The Morgan fingerprint density at radius 1 is 1.28 bits per heavy atom. The fourth-order valence-electron chi connectivity index (χ4n) is 2.07. The fourth-order valence-corrected chi connectivity index (χ4v) is 3.17. The number of thiophene rings is 1. The molecule has 1 N–H and O–H groups in total. The van der Waals surface area contributed by atoms with Crippen molar-refractivity contribution in [2.75, 3.05) is 0 Å². The zero-order valence-corrected chi connectivity index (χ0v) is 11.9. The molecule has 1 heterocycles. The molecule has 0 spiro atoms. The number of benzene rings is 1. The van der Waals surface area contributed by atoms with Gasteiger partial charge in [0, 0.05) is 17.5 Å². The van der Waals surface area contributed by atoms with Crippen LogP contribution in [0.5, 0.6) is 0 Å². The van der Waals surface area contributed by atoms with E-state index in [1.807, 2.05) is 6.07 Å². The smallest absolute Gasteiger partial charge is 0.0934 e. The van der Waals surface area contributed by atoms with Gasteiger partial charge in [-0.25, -0.2) is 0 Å². The van der Waals surface area contributed by atoms with E-state index in [4.69, 9.17) is 11.6 Å². The van der Waals surface area contributed by atoms with Crippen LogP contribution in [0.2, 0.25) is 4.34 Å². The number of hydrogen-bond acceptors (Lipinski definition) is 2. The third-order valence-corrected chi connectivity index (χ3v) is 4.53. The Hall–Kier alpha value is -0.830. The molecule has 0 amide bonds. The largest absolute Gasteiger partial charge is 0.310 e. The molecule has 2 aromatic rings. The van der Waals surface area contributed by atoms with Crippen LogP contribution < -0.4 is 5.32 Å². The van der Waals surface area contributed by atoms with Gasteiger partial charge in [-0.2, -0.15) is 0 Å². The van der Waals surface area contributed by atoms with Gasteiger partial charge in [-0.05, 0) is 43.0 Å². The predicted octanol–water partition coefficient (Wildman–Crippen LogP) is 4.63. The first-order chi connectivity index (χ1) is 8.72. The van der Waals surface area contributed by atoms with Crippen LogP contribution in [0.25, 0.3) is 10.4 Å². The van der Waals surface area contributed by atoms with Crippen molar-refractivity contribution in [3.05, 3.63) is 45.8 Å². The van der Waals surface area contributed by atoms with Crippen LogP contribution >= 0.6 is 22.9 Å². The number of aryl methyl sites for hydroxylation is 1. The van der Waals surface area contributed by atoms with Gasteiger partial charge >= 0.3 is 0 Å². The Morgan fingerprint density at radius 3 is 2.78 bits per heavy atom. The van der Waals surface area contributed by atoms with Crippen molar-refractivity contribution in [2.45, 2.75) is 32.4 Å². The molecule has 3 rings (SSSR count). The maximum Gasteiger partial charge on any atom is 0.0934 e. The van der Waals surface area contributed by atoms with Gasteiger partial charge in [0.2, 0.25) is 0 Å². The first-order valence-corrected chi connectivity index (χ1v) is 7.50. The van der Waals surface area contributed by atoms with Crippen molar-refractivity contribution in [3.63, 3.8) is 0 Å². The Balaban J connectivity index is 1.91. The summed E-state index contributed by atoms with van der Waals surface area (Å²) in [4.78, 5) is 1.26. The summed E-state index contributed by atoms with van der Waals surface area (Å²) in [5, 5.41) is 3.58. The maximum atomic E-state index is 6.04. The Morgan fingerprint density at radius 2 is 2.11 bits per heavy atom. The average molecular weight is 278 g/mol. The van der Waals surface area contributed by atoms with Crippen molar-refractivity contribution >= 4 is 22.9 Å². The SMILES string of the molecule is Cc1ccc(CNC2CC2)c(-c2ccc(Cl)s2)c1. The lowest BCUT2D eigenvalue weighted by Crippen LogP contribution is -2.15. The van der Waals surface area contributed by atoms with Gasteiger partial charge in [0.1, 0.15) is 0 Å². The van der Waals surface area contributed by atoms with Crippen molar-refractivity contribution in [1.82, 2.24) is 5.32 Å². The van der Waals surface area contributed by atoms with E-state index in [2.05, 4.69) is 36.5 Å². The van der Waals surface area contributed by atoms with Crippen LogP contribution in [0, 0.1) is 6.92 Å². The zero-order valence-electron chi connectivity index (χ0n) is 10.4. The Kier molecular flexibility index (Phi) is 3.42. The summed E-state index contributed by atoms with van der Waals surface area (Å²) in [6.07, 6.45) is 2.65. The minimum Gasteiger partial charge on any atom is -0.310 e. The van der Waals surface area contributed by atoms with Crippen LogP contribution in [0.3, 0.4) is 0 Å². The highest BCUT2D eigenvalue weighted by atomic mass is 35.5. The lowest BCUT2D eigenvalue weighted by Gasteiger charge is -2.10. The highest BCUT2D eigenvalue weighted by molar-refractivity contribution is 7.19. The minimum absolute atomic E-state index is 0.742. The molecule has 1 aliphatic rings. The van der Waals surface area contributed by atoms with Gasteiger partial charge in [-0.3, -0.25) is 0 Å². The van der Waals surface area contributed by atoms with Crippen molar-refractivity contribution in [1.29, 1.82) is 0 Å². The molecule has 0 saturated heterocycles. The van der Waals surface area contributed by atoms with E-state index < -0.39 is 0 Å². The van der Waals surface area contributed by atoms with Crippen LogP contribution in [0.4, 0.5) is 0 Å². The van der Waals surface area contributed by atoms with Crippen LogP contribution in [-0.2, 0) is 6.54 Å². The second kappa shape index (κ2) is 5.04. The lowest BCUT2D eigenvalue weighted by molar-refractivity contribution is 0.689. The number of hydrogen-bond donors (Lipinski definition) is 1. The summed E-state index contributed by atoms with van der Waals surface area (Å²) in [7, 11) is 0. The molecule has 1 nitrogen and oxygen atoms in total. The van der Waals surface area contributed by atoms with E-state index in [1.165, 1.54) is 34.4 Å². The summed E-state index contributed by atoms with van der Waals surface area (Å²) in [6.45, 7) is 3.09. The Labute approximate surface area is 117 Å². The molecule has 1 saturated carbocycles. The molecular weight excluding hydrogens is 262 g/mol. The van der Waals surface area contributed by atoms with Crippen molar-refractivity contribution in [3.8, 4) is 10.4 Å². The van der Waals surface area contributed by atoms with E-state index in [-0.39, 0.29) is 0 Å². The molecule has 0 radical (unpaired) electrons. The molecule has 0 aliphatic heterocycles. The zero-order chi connectivity index (χ0) is 12.5. The molecule has 0 bridgehead atoms. The van der Waals surface area contributed by atoms with Crippen molar-refractivity contribution in [2.24, 2.45) is 0 Å². The van der Waals surface area contributed by atoms with Gasteiger partial charge in [0.05, 0.1) is 4.34 Å². The molecule has 18 heavy (non-hydrogen) atoms. The van der Waals surface area contributed by atoms with E-state index in [0.717, 1.165) is 16.9 Å². The molecule has 94 valence electrons. The third-order valence-electron chi connectivity index (χ3n) is 3.26. The summed E-state index contributed by atoms with van der Waals surface area (Å²) in [6, 6.07) is 11.5. The molecule has 1 aliphatic carbocycles. The molecule has 3 heteroatoms. The fraction of sp³-hybridized carbons (Fsp3) is 0.333. The molecule has 1 aromatic carbocycles. The van der Waals surface area contributed by atoms with Crippen molar-refractivity contribution < 1.29 is 0 Å². The number of halogens is 1. The molecule has 0 unspecified atom stereocenters. The predicted molar refractivity (Wildman–Crippen MR) is 79.4 cm³/mol. The maximum absolute atomic E-state index is 6.04. The van der Waals surface area contributed by atoms with Crippen LogP contribution in [0.15, 0.2) is 30.3 Å². The highest BCUT2D eigenvalue weighted by Gasteiger charge is 2.20. The first-order valence-electron chi connectivity index (χ1n) is 6.31. The standard InChI is InChI=1S/C15H16ClNS/c1-10-2-3-11(9-17-12-4-5-12)13(8-10)14-6-7-15(16)18-14/h2-3,6-8,12,17H,4-5,9H2,1H3. The summed E-state index contributed by atoms with van der Waals surface area (Å²) >= 11 is 7.69. The monoisotopic (exact) mass is 277 g/mol. The second-order valence-corrected chi connectivity index (χ2v) is 6.63. The van der Waals surface area contributed by atoms with Gasteiger partial charge in [0.15, 0.2) is 0 Å². The molecular formula is C15H16ClNS. The summed E-state index contributed by atoms with van der Waals surface area (Å²) in [5.74, 6) is 0. The minimum atomic E-state index is 0.742. The lowest BCUT2D eigenvalue weighted by atomic mass is 10.0. The van der Waals surface area contributed by atoms with Gasteiger partial charge in [0.25, 0.3) is 0 Å². The van der Waals surface area contributed by atoms with E-state index >= 15 is 0 Å². The van der Waals surface area contributed by atoms with Crippen LogP contribution in [-0.4, -0.2) is 6.04 Å². The average Bonchev–Trinajstić information content (AvgIpc) is 3.09. The van der Waals surface area contributed by atoms with E-state index in [1.54, 1.807) is 11.3 Å². The molecule has 1 aromatic heterocycles. The van der Waals surface area contributed by atoms with Gasteiger partial charge in [-0.15, -0.1) is 11.3 Å². The van der Waals surface area contributed by atoms with Gasteiger partial charge < -0.3 is 5.32 Å². The van der Waals surface area contributed by atoms with Crippen LogP contribution in [0.1, 0.15) is 24.0 Å². The topological polar surface area (TPSA) is 12.0 Å². The molecule has 0 atom stereocenters. The number of nitrogens with one attached hydrogen (secondary N) is 1. The second-order valence-electron chi connectivity index (χ2n) is 4.92. The molecule has 1 fully saturated rings. The number of rotatable bonds is 4. The summed E-state index contributed by atoms with van der Waals surface area (Å²) < 4.78 is 0.854.